The van der Waals surface area contributed by atoms with E-state index in [2.05, 4.69) is 28.6 Å². The molecule has 2 unspecified atom stereocenters. The molecular formula is C23H32B2N10O18P4. The third-order valence-electron chi connectivity index (χ3n) is 8.46. The number of aliphatic hydroxyl groups is 4. The number of nitrogens with zero attached hydrogens (tertiary/aromatic N) is 6. The van der Waals surface area contributed by atoms with Gasteiger partial charge in [0.2, 0.25) is 38.6 Å². The van der Waals surface area contributed by atoms with Crippen LogP contribution in [-0.4, -0.2) is 120 Å². The zero-order valence-corrected chi connectivity index (χ0v) is 32.8. The topological polar surface area (TPSA) is 412 Å². The Bertz CT molecular complexity index is 2370. The van der Waals surface area contributed by atoms with Gasteiger partial charge in [-0.05, 0) is 0 Å². The molecule has 0 saturated carbocycles. The number of aromatic amines is 2. The fourth-order valence-electron chi connectivity index (χ4n) is 6.12. The molecule has 4 radical (unpaired) electrons. The highest BCUT2D eigenvalue weighted by atomic mass is 31.3. The van der Waals surface area contributed by atoms with Gasteiger partial charge in [0, 0.05) is 0 Å². The van der Waals surface area contributed by atoms with E-state index in [4.69, 9.17) is 45.1 Å². The zero-order chi connectivity index (χ0) is 42.2. The Morgan fingerprint density at radius 1 is 0.754 bits per heavy atom. The highest BCUT2D eigenvalue weighted by Crippen LogP contribution is 2.67. The third-order valence-corrected chi connectivity index (χ3v) is 16.1. The van der Waals surface area contributed by atoms with Gasteiger partial charge in [0.1, 0.15) is 36.6 Å². The quantitative estimate of drug-likeness (QED) is 0.0332. The first-order valence-electron chi connectivity index (χ1n) is 15.9. The Hall–Kier alpha value is -3.13. The average Bonchev–Trinajstić information content (AvgIpc) is 3.74. The molecule has 6 heterocycles. The number of anilines is 2. The molecule has 0 aromatic carbocycles. The van der Waals surface area contributed by atoms with E-state index in [0.717, 1.165) is 9.13 Å². The lowest BCUT2D eigenvalue weighted by molar-refractivity contribution is -0.746. The summed E-state index contributed by atoms with van der Waals surface area (Å²) in [6, 6.07) is 0. The molecule has 57 heavy (non-hydrogen) atoms. The highest BCUT2D eigenvalue weighted by Gasteiger charge is 2.49. The molecule has 28 nitrogen and oxygen atoms in total. The highest BCUT2D eigenvalue weighted by molar-refractivity contribution is 7.87. The summed E-state index contributed by atoms with van der Waals surface area (Å²) in [6.45, 7) is -2.01. The molecule has 2 aliphatic heterocycles. The van der Waals surface area contributed by atoms with Crippen LogP contribution in [0.2, 0.25) is 0 Å². The summed E-state index contributed by atoms with van der Waals surface area (Å²) < 4.78 is 84.9. The van der Waals surface area contributed by atoms with Crippen LogP contribution in [0.25, 0.3) is 22.3 Å². The summed E-state index contributed by atoms with van der Waals surface area (Å²) in [7, 11) is -8.66. The van der Waals surface area contributed by atoms with Crippen LogP contribution in [0.5, 0.6) is 0 Å². The number of imidazole rings is 2. The van der Waals surface area contributed by atoms with Crippen molar-refractivity contribution < 1.29 is 84.7 Å². The van der Waals surface area contributed by atoms with E-state index in [0.29, 0.717) is 0 Å². The first kappa shape index (κ1) is 43.4. The number of ether oxygens (including phenoxy) is 2. The molecule has 308 valence electrons. The number of aryl methyl sites for hydroxylation is 2. The van der Waals surface area contributed by atoms with E-state index in [1.54, 1.807) is 0 Å². The lowest BCUT2D eigenvalue weighted by atomic mass is 10.1. The third kappa shape index (κ3) is 9.06. The van der Waals surface area contributed by atoms with E-state index in [9.17, 15) is 58.1 Å². The van der Waals surface area contributed by atoms with Crippen LogP contribution in [0, 0.1) is 0 Å². The summed E-state index contributed by atoms with van der Waals surface area (Å²) in [4.78, 5) is 62.5. The maximum atomic E-state index is 12.8. The summed E-state index contributed by atoms with van der Waals surface area (Å²) in [6.07, 6.45) is -10.5. The van der Waals surface area contributed by atoms with E-state index < -0.39 is 109 Å². The molecule has 0 amide bonds. The summed E-state index contributed by atoms with van der Waals surface area (Å²) in [5.74, 6) is -2.72. The first-order valence-corrected chi connectivity index (χ1v) is 22.6. The predicted molar refractivity (Wildman–Crippen MR) is 185 cm³/mol. The smallest absolute Gasteiger partial charge is 0.313 e. The average molecular weight is 882 g/mol. The molecule has 0 bridgehead atoms. The van der Waals surface area contributed by atoms with Crippen LogP contribution in [-0.2, 0) is 59.5 Å². The maximum absolute atomic E-state index is 12.8. The summed E-state index contributed by atoms with van der Waals surface area (Å²) in [5, 5.41) is 42.4. The molecule has 6 rings (SSSR count). The monoisotopic (exact) mass is 882 g/mol. The van der Waals surface area contributed by atoms with Gasteiger partial charge in [-0.15, -0.1) is 0 Å². The molecule has 10 N–H and O–H groups in total. The van der Waals surface area contributed by atoms with E-state index in [-0.39, 0.29) is 34.2 Å². The maximum Gasteiger partial charge on any atom is 0.313 e. The second-order valence-electron chi connectivity index (χ2n) is 12.8. The summed E-state index contributed by atoms with van der Waals surface area (Å²) >= 11 is 0. The number of fused-ring (bicyclic) bond motifs is 2. The van der Waals surface area contributed by atoms with Crippen molar-refractivity contribution >= 4 is 79.5 Å². The van der Waals surface area contributed by atoms with E-state index in [1.807, 2.05) is 0 Å². The lowest BCUT2D eigenvalue weighted by Gasteiger charge is -2.34. The minimum Gasteiger partial charge on any atom is -0.778 e. The van der Waals surface area contributed by atoms with Crippen molar-refractivity contribution in [1.82, 2.24) is 29.1 Å². The van der Waals surface area contributed by atoms with Gasteiger partial charge >= 0.3 is 11.3 Å². The standard InChI is InChI=1S/C23H32B2N10O18P4/c1-32-5-34(16-10(32)18(40)30-22(26)28-16)20-14(38)12(36)8(50-20)3-48-56(24,46)52-54(42,43)7-55(44,45)53-57(25,47)49-4-9-13(37)15(39)21(51-9)35-6-33(2)11-17(35)29-23(27)31-19(11)41/h5-6,8-9,12-15,20-21,36-39H,3-4,7H2,1-2H3,(H6-2,26,27,28,29,30,31,40,41,42,43,44,45)/t8-,9-,12-,13-,14-,15-,20-,21-,56-,57-/m1/s1. The van der Waals surface area contributed by atoms with Gasteiger partial charge in [0.25, 0.3) is 38.0 Å². The Morgan fingerprint density at radius 3 is 1.46 bits per heavy atom. The number of rotatable bonds is 14. The van der Waals surface area contributed by atoms with Crippen LogP contribution in [0.15, 0.2) is 22.2 Å². The molecular weight excluding hydrogens is 850 g/mol. The van der Waals surface area contributed by atoms with Gasteiger partial charge < -0.3 is 69.3 Å². The van der Waals surface area contributed by atoms with Crippen molar-refractivity contribution in [3.05, 3.63) is 33.4 Å². The minimum absolute atomic E-state index is 0.00841. The molecule has 0 aliphatic carbocycles. The summed E-state index contributed by atoms with van der Waals surface area (Å²) in [5.41, 5.74) is 9.85. The second kappa shape index (κ2) is 15.5. The van der Waals surface area contributed by atoms with Crippen molar-refractivity contribution in [2.45, 2.75) is 49.1 Å². The van der Waals surface area contributed by atoms with Gasteiger partial charge in [-0.3, -0.25) is 46.4 Å². The normalized spacial score (nSPS) is 29.6. The van der Waals surface area contributed by atoms with Gasteiger partial charge in [0.15, 0.2) is 27.8 Å². The van der Waals surface area contributed by atoms with Gasteiger partial charge in [-0.1, -0.05) is 9.97 Å². The number of hydrogen-bond donors (Lipinski definition) is 8. The molecule has 0 spiro atoms. The van der Waals surface area contributed by atoms with Crippen LogP contribution < -0.4 is 41.5 Å². The van der Waals surface area contributed by atoms with Crippen molar-refractivity contribution in [3.8, 4) is 0 Å². The zero-order valence-electron chi connectivity index (χ0n) is 29.2. The van der Waals surface area contributed by atoms with Crippen molar-refractivity contribution in [2.24, 2.45) is 14.1 Å². The fourth-order valence-corrected chi connectivity index (χ4v) is 13.0. The number of aliphatic hydroxyl groups excluding tert-OH is 4. The molecule has 34 heteroatoms. The van der Waals surface area contributed by atoms with E-state index in [1.165, 1.54) is 35.9 Å². The van der Waals surface area contributed by atoms with Crippen molar-refractivity contribution in [3.63, 3.8) is 0 Å². The Morgan fingerprint density at radius 2 is 1.11 bits per heavy atom. The van der Waals surface area contributed by atoms with Crippen LogP contribution in [0.1, 0.15) is 12.5 Å². The molecule has 12 atom stereocenters. The molecule has 4 aromatic rings. The van der Waals surface area contributed by atoms with Crippen molar-refractivity contribution in [2.75, 3.05) is 30.6 Å². The Labute approximate surface area is 320 Å². The van der Waals surface area contributed by atoms with Crippen molar-refractivity contribution in [1.29, 1.82) is 0 Å². The number of nitrogen functional groups attached to an aromatic ring is 2. The van der Waals surface area contributed by atoms with Crippen LogP contribution in [0.3, 0.4) is 0 Å². The van der Waals surface area contributed by atoms with Gasteiger partial charge in [-0.25, -0.2) is 9.13 Å². The van der Waals surface area contributed by atoms with Gasteiger partial charge in [0.05, 0.1) is 33.2 Å². The van der Waals surface area contributed by atoms with E-state index >= 15 is 0 Å². The number of nitrogens with one attached hydrogen (secondary N) is 2. The van der Waals surface area contributed by atoms with Crippen LogP contribution >= 0.6 is 30.1 Å². The predicted octanol–water partition coefficient (Wildman–Crippen LogP) is -5.80. The fraction of sp³-hybridized carbons (Fsp3) is 0.565. The number of aromatic nitrogens is 8. The number of H-pyrrole nitrogens is 2. The minimum atomic E-state index is -5.88. The number of nitrogens with two attached hydrogens (primary N) is 2. The largest absolute Gasteiger partial charge is 0.778 e. The Kier molecular flexibility index (Phi) is 11.8. The molecule has 2 fully saturated rings. The molecule has 2 aliphatic rings. The Balaban J connectivity index is 1.04. The van der Waals surface area contributed by atoms with Gasteiger partial charge in [-0.2, -0.15) is 0 Å². The second-order valence-corrected chi connectivity index (χ2v) is 20.4. The van der Waals surface area contributed by atoms with Crippen LogP contribution in [0.4, 0.5) is 11.9 Å². The number of hydrogen-bond acceptors (Lipinski definition) is 22. The SMILES string of the molecule is [B][P@@](=O)(OC[C@H]1O[C@@H]([n+]2cn(C)c3c(=O)[nH]c(N)nc32)[C@H](O)[C@@H]1O)OP(=O)([O-])CP(=O)([O-])O[P@]([B])(=O)OC[C@H]1O[C@@H]([n+]2cn(C)c3c(=O)[nH]c(N)nc32)[C@H](O)[C@@H]1O. The molecule has 4 aromatic heterocycles. The lowest BCUT2D eigenvalue weighted by Crippen LogP contribution is -2.46. The molecule has 2 saturated heterocycles. The first-order chi connectivity index (χ1) is 26.3.